The van der Waals surface area contributed by atoms with E-state index >= 15 is 0 Å². The van der Waals surface area contributed by atoms with E-state index in [4.69, 9.17) is 17.3 Å². The summed E-state index contributed by atoms with van der Waals surface area (Å²) < 4.78 is 0. The number of rotatable bonds is 4. The highest BCUT2D eigenvalue weighted by Crippen LogP contribution is 2.21. The summed E-state index contributed by atoms with van der Waals surface area (Å²) in [5.41, 5.74) is 5.70. The van der Waals surface area contributed by atoms with Crippen LogP contribution >= 0.6 is 22.9 Å². The maximum absolute atomic E-state index is 12.1. The van der Waals surface area contributed by atoms with Crippen LogP contribution in [0.2, 0.25) is 5.02 Å². The van der Waals surface area contributed by atoms with Gasteiger partial charge >= 0.3 is 0 Å². The maximum Gasteiger partial charge on any atom is 0.272 e. The molecule has 1 unspecified atom stereocenters. The summed E-state index contributed by atoms with van der Waals surface area (Å²) in [7, 11) is 0. The van der Waals surface area contributed by atoms with Crippen molar-refractivity contribution in [3.63, 3.8) is 0 Å². The average molecular weight is 311 g/mol. The molecule has 3 N–H and O–H groups in total. The summed E-state index contributed by atoms with van der Waals surface area (Å²) in [5.74, 6) is -0.0993. The van der Waals surface area contributed by atoms with Crippen molar-refractivity contribution in [2.45, 2.75) is 26.3 Å². The Kier molecular flexibility index (Phi) is 4.57. The second-order valence-electron chi connectivity index (χ2n) is 4.28. The van der Waals surface area contributed by atoms with Crippen molar-refractivity contribution in [2.24, 2.45) is 0 Å². The van der Waals surface area contributed by atoms with Gasteiger partial charge in [-0.2, -0.15) is 0 Å². The smallest absolute Gasteiger partial charge is 0.272 e. The van der Waals surface area contributed by atoms with Crippen molar-refractivity contribution >= 4 is 34.7 Å². The number of carbonyl (C=O) groups is 1. The SMILES string of the molecule is CCc1cnc(C(C)NC(=O)c2nc(N)ccc2Cl)s1. The number of aromatic nitrogens is 2. The van der Waals surface area contributed by atoms with Gasteiger partial charge in [0.05, 0.1) is 11.1 Å². The molecular weight excluding hydrogens is 296 g/mol. The number of thiazole rings is 1. The molecule has 0 spiro atoms. The predicted octanol–water partition coefficient (Wildman–Crippen LogP) is 2.83. The molecule has 0 aliphatic carbocycles. The van der Waals surface area contributed by atoms with Gasteiger partial charge in [0.25, 0.3) is 5.91 Å². The van der Waals surface area contributed by atoms with Crippen LogP contribution in [0.3, 0.4) is 0 Å². The molecule has 0 fully saturated rings. The van der Waals surface area contributed by atoms with E-state index in [0.29, 0.717) is 0 Å². The van der Waals surface area contributed by atoms with E-state index in [2.05, 4.69) is 22.2 Å². The van der Waals surface area contributed by atoms with Crippen LogP contribution in [0.1, 0.15) is 40.3 Å². The number of hydrogen-bond acceptors (Lipinski definition) is 5. The average Bonchev–Trinajstić information content (AvgIpc) is 2.90. The largest absolute Gasteiger partial charge is 0.384 e. The van der Waals surface area contributed by atoms with Gasteiger partial charge in [-0.3, -0.25) is 4.79 Å². The fourth-order valence-corrected chi connectivity index (χ4v) is 2.68. The lowest BCUT2D eigenvalue weighted by Crippen LogP contribution is -2.27. The molecule has 1 amide bonds. The summed E-state index contributed by atoms with van der Waals surface area (Å²) in [6.45, 7) is 3.94. The number of anilines is 1. The van der Waals surface area contributed by atoms with Crippen LogP contribution in [-0.4, -0.2) is 15.9 Å². The standard InChI is InChI=1S/C13H15ClN4OS/c1-3-8-6-16-13(20-8)7(2)17-12(19)11-9(14)4-5-10(15)18-11/h4-7H,3H2,1-2H3,(H2,15,18)(H,17,19). The van der Waals surface area contributed by atoms with Crippen LogP contribution in [0, 0.1) is 0 Å². The van der Waals surface area contributed by atoms with E-state index in [1.165, 1.54) is 4.88 Å². The third kappa shape index (κ3) is 3.26. The number of halogens is 1. The van der Waals surface area contributed by atoms with Gasteiger partial charge < -0.3 is 11.1 Å². The molecule has 2 heterocycles. The molecule has 5 nitrogen and oxygen atoms in total. The number of aryl methyl sites for hydroxylation is 1. The highest BCUT2D eigenvalue weighted by molar-refractivity contribution is 7.11. The van der Waals surface area contributed by atoms with E-state index in [1.807, 2.05) is 13.1 Å². The Morgan fingerprint density at radius 2 is 2.30 bits per heavy atom. The third-order valence-corrected chi connectivity index (χ3v) is 4.35. The van der Waals surface area contributed by atoms with Crippen molar-refractivity contribution in [3.8, 4) is 0 Å². The zero-order chi connectivity index (χ0) is 14.7. The number of nitrogens with one attached hydrogen (secondary N) is 1. The van der Waals surface area contributed by atoms with Crippen molar-refractivity contribution < 1.29 is 4.79 Å². The first-order valence-corrected chi connectivity index (χ1v) is 7.38. The fraction of sp³-hybridized carbons (Fsp3) is 0.308. The number of pyridine rings is 1. The zero-order valence-corrected chi connectivity index (χ0v) is 12.8. The van der Waals surface area contributed by atoms with Crippen LogP contribution < -0.4 is 11.1 Å². The van der Waals surface area contributed by atoms with Crippen LogP contribution in [0.4, 0.5) is 5.82 Å². The van der Waals surface area contributed by atoms with E-state index in [9.17, 15) is 4.79 Å². The third-order valence-electron chi connectivity index (χ3n) is 2.72. The van der Waals surface area contributed by atoms with Crippen molar-refractivity contribution in [3.05, 3.63) is 38.9 Å². The van der Waals surface area contributed by atoms with E-state index in [1.54, 1.807) is 23.5 Å². The Bertz CT molecular complexity index is 629. The van der Waals surface area contributed by atoms with Crippen LogP contribution in [0.15, 0.2) is 18.3 Å². The second kappa shape index (κ2) is 6.19. The summed E-state index contributed by atoms with van der Waals surface area (Å²) >= 11 is 7.54. The lowest BCUT2D eigenvalue weighted by Gasteiger charge is -2.11. The predicted molar refractivity (Wildman–Crippen MR) is 81.0 cm³/mol. The summed E-state index contributed by atoms with van der Waals surface area (Å²) in [6.07, 6.45) is 2.76. The topological polar surface area (TPSA) is 80.9 Å². The van der Waals surface area contributed by atoms with Crippen LogP contribution in [0.5, 0.6) is 0 Å². The lowest BCUT2D eigenvalue weighted by molar-refractivity contribution is 0.0935. The molecule has 0 saturated heterocycles. The molecule has 2 aromatic rings. The Labute approximate surface area is 126 Å². The minimum absolute atomic E-state index is 0.130. The second-order valence-corrected chi connectivity index (χ2v) is 5.83. The number of nitrogens with two attached hydrogens (primary N) is 1. The van der Waals surface area contributed by atoms with Gasteiger partial charge in [-0.15, -0.1) is 11.3 Å². The van der Waals surface area contributed by atoms with Crippen molar-refractivity contribution in [1.82, 2.24) is 15.3 Å². The number of amides is 1. The molecule has 0 bridgehead atoms. The Morgan fingerprint density at radius 1 is 1.55 bits per heavy atom. The van der Waals surface area contributed by atoms with Crippen LogP contribution in [0.25, 0.3) is 0 Å². The first kappa shape index (κ1) is 14.7. The van der Waals surface area contributed by atoms with Gasteiger partial charge in [-0.1, -0.05) is 18.5 Å². The monoisotopic (exact) mass is 310 g/mol. The highest BCUT2D eigenvalue weighted by atomic mass is 35.5. The normalized spacial score (nSPS) is 12.2. The van der Waals surface area contributed by atoms with Gasteiger partial charge in [0, 0.05) is 11.1 Å². The molecular formula is C13H15ClN4OS. The Morgan fingerprint density at radius 3 is 2.95 bits per heavy atom. The quantitative estimate of drug-likeness (QED) is 0.910. The van der Waals surface area contributed by atoms with Gasteiger partial charge in [0.2, 0.25) is 0 Å². The molecule has 0 aromatic carbocycles. The molecule has 20 heavy (non-hydrogen) atoms. The lowest BCUT2D eigenvalue weighted by atomic mass is 10.3. The molecule has 0 saturated carbocycles. The first-order valence-electron chi connectivity index (χ1n) is 6.18. The zero-order valence-electron chi connectivity index (χ0n) is 11.2. The molecule has 0 aliphatic rings. The van der Waals surface area contributed by atoms with Crippen LogP contribution in [-0.2, 0) is 6.42 Å². The van der Waals surface area contributed by atoms with Crippen molar-refractivity contribution in [2.75, 3.05) is 5.73 Å². The van der Waals surface area contributed by atoms with E-state index in [-0.39, 0.29) is 28.5 Å². The highest BCUT2D eigenvalue weighted by Gasteiger charge is 2.17. The van der Waals surface area contributed by atoms with E-state index in [0.717, 1.165) is 11.4 Å². The van der Waals surface area contributed by atoms with Crippen molar-refractivity contribution in [1.29, 1.82) is 0 Å². The molecule has 106 valence electrons. The van der Waals surface area contributed by atoms with Gasteiger partial charge in [0.15, 0.2) is 0 Å². The van der Waals surface area contributed by atoms with Gasteiger partial charge in [0.1, 0.15) is 16.5 Å². The number of hydrogen-bond donors (Lipinski definition) is 2. The molecule has 0 aliphatic heterocycles. The number of carbonyl (C=O) groups excluding carboxylic acids is 1. The number of nitrogen functional groups attached to an aromatic ring is 1. The minimum Gasteiger partial charge on any atom is -0.384 e. The number of nitrogens with zero attached hydrogens (tertiary/aromatic N) is 2. The molecule has 0 radical (unpaired) electrons. The summed E-state index contributed by atoms with van der Waals surface area (Å²) in [4.78, 5) is 21.6. The minimum atomic E-state index is -0.358. The summed E-state index contributed by atoms with van der Waals surface area (Å²) in [5, 5.41) is 3.96. The maximum atomic E-state index is 12.1. The Hall–Kier alpha value is -1.66. The Balaban J connectivity index is 2.12. The first-order chi connectivity index (χ1) is 9.51. The molecule has 1 atom stereocenters. The van der Waals surface area contributed by atoms with Gasteiger partial charge in [-0.05, 0) is 25.5 Å². The molecule has 2 rings (SSSR count). The fourth-order valence-electron chi connectivity index (χ4n) is 1.63. The summed E-state index contributed by atoms with van der Waals surface area (Å²) in [6, 6.07) is 2.91. The molecule has 7 heteroatoms. The van der Waals surface area contributed by atoms with Gasteiger partial charge in [-0.25, -0.2) is 9.97 Å². The van der Waals surface area contributed by atoms with E-state index < -0.39 is 0 Å². The molecule has 2 aromatic heterocycles.